The first-order valence-corrected chi connectivity index (χ1v) is 13.4. The van der Waals surface area contributed by atoms with Crippen LogP contribution >= 0.6 is 0 Å². The van der Waals surface area contributed by atoms with Gasteiger partial charge in [0.1, 0.15) is 6.10 Å². The van der Waals surface area contributed by atoms with E-state index < -0.39 is 16.2 Å². The van der Waals surface area contributed by atoms with Crippen molar-refractivity contribution in [3.8, 4) is 0 Å². The number of benzene rings is 3. The highest BCUT2D eigenvalue weighted by molar-refractivity contribution is 5.80. The Labute approximate surface area is 225 Å². The van der Waals surface area contributed by atoms with Gasteiger partial charge in [-0.15, -0.1) is 0 Å². The van der Waals surface area contributed by atoms with Gasteiger partial charge in [0.05, 0.1) is 21.9 Å². The average molecular weight is 529 g/mol. The fourth-order valence-electron chi connectivity index (χ4n) is 5.28. The second kappa shape index (κ2) is 12.2. The van der Waals surface area contributed by atoms with E-state index in [0.717, 1.165) is 50.0 Å². The Hall–Kier alpha value is -4.08. The number of likely N-dealkylation sites (tertiary alicyclic amines) is 1. The summed E-state index contributed by atoms with van der Waals surface area (Å²) in [6.45, 7) is 3.15. The van der Waals surface area contributed by atoms with Crippen LogP contribution < -0.4 is 11.2 Å². The second-order valence-electron chi connectivity index (χ2n) is 9.96. The molecule has 0 spiro atoms. The standard InChI is InChI=1S/C30H32N4O5/c35-29-26-14-13-24(34(37)38)21-27(26)33(30(36)31-29)18-8-7-17-32-19-15-25(16-20-32)39-28(22-9-3-1-4-10-22)23-11-5-2-6-12-23/h1-6,9-14,21,25,28H,7-8,15-20H2,(H,31,35,36). The van der Waals surface area contributed by atoms with E-state index in [1.54, 1.807) is 0 Å². The number of aromatic nitrogens is 2. The number of aryl methyl sites for hydroxylation is 1. The third-order valence-corrected chi connectivity index (χ3v) is 7.37. The summed E-state index contributed by atoms with van der Waals surface area (Å²) in [4.78, 5) is 40.1. The average Bonchev–Trinajstić information content (AvgIpc) is 2.96. The molecule has 0 unspecified atom stereocenters. The summed E-state index contributed by atoms with van der Waals surface area (Å²) in [5.41, 5.74) is 1.38. The minimum atomic E-state index is -0.544. The molecule has 202 valence electrons. The number of piperidine rings is 1. The topological polar surface area (TPSA) is 110 Å². The van der Waals surface area contributed by atoms with Gasteiger partial charge < -0.3 is 9.64 Å². The minimum Gasteiger partial charge on any atom is -0.365 e. The molecule has 0 radical (unpaired) electrons. The van der Waals surface area contributed by atoms with Crippen molar-refractivity contribution >= 4 is 16.6 Å². The number of ether oxygens (including phenoxy) is 1. The summed E-state index contributed by atoms with van der Waals surface area (Å²) in [6, 6.07) is 24.6. The number of rotatable bonds is 10. The predicted octanol–water partition coefficient (Wildman–Crippen LogP) is 4.65. The van der Waals surface area contributed by atoms with E-state index in [1.165, 1.54) is 22.8 Å². The van der Waals surface area contributed by atoms with E-state index in [9.17, 15) is 19.7 Å². The summed E-state index contributed by atoms with van der Waals surface area (Å²) in [6.07, 6.45) is 3.56. The number of nitro benzene ring substituents is 1. The fraction of sp³-hybridized carbons (Fsp3) is 0.333. The number of aromatic amines is 1. The minimum absolute atomic E-state index is 0.0924. The summed E-state index contributed by atoms with van der Waals surface area (Å²) < 4.78 is 8.07. The molecule has 39 heavy (non-hydrogen) atoms. The molecule has 0 aliphatic carbocycles. The third kappa shape index (κ3) is 6.32. The molecule has 1 aromatic heterocycles. The molecule has 4 aromatic rings. The van der Waals surface area contributed by atoms with E-state index in [4.69, 9.17) is 4.74 Å². The number of hydrogen-bond acceptors (Lipinski definition) is 6. The zero-order chi connectivity index (χ0) is 27.2. The van der Waals surface area contributed by atoms with Crippen LogP contribution in [0.25, 0.3) is 10.9 Å². The summed E-state index contributed by atoms with van der Waals surface area (Å²) in [5, 5.41) is 11.5. The number of hydrogen-bond donors (Lipinski definition) is 1. The molecule has 0 amide bonds. The molecule has 0 saturated carbocycles. The predicted molar refractivity (Wildman–Crippen MR) is 150 cm³/mol. The van der Waals surface area contributed by atoms with Crippen LogP contribution in [0.3, 0.4) is 0 Å². The molecule has 5 rings (SSSR count). The van der Waals surface area contributed by atoms with Gasteiger partial charge in [-0.1, -0.05) is 60.7 Å². The number of non-ortho nitro benzene ring substituents is 1. The molecular formula is C30H32N4O5. The molecule has 0 atom stereocenters. The van der Waals surface area contributed by atoms with Crippen molar-refractivity contribution in [1.29, 1.82) is 0 Å². The van der Waals surface area contributed by atoms with Gasteiger partial charge in [-0.25, -0.2) is 4.79 Å². The van der Waals surface area contributed by atoms with Crippen LogP contribution in [0.4, 0.5) is 5.69 Å². The Bertz CT molecular complexity index is 1490. The number of nitrogens with one attached hydrogen (secondary N) is 1. The molecule has 0 bridgehead atoms. The Morgan fingerprint density at radius 1 is 0.897 bits per heavy atom. The zero-order valence-electron chi connectivity index (χ0n) is 21.7. The molecule has 1 aliphatic heterocycles. The lowest BCUT2D eigenvalue weighted by Crippen LogP contribution is -2.38. The quantitative estimate of drug-likeness (QED) is 0.182. The first-order valence-electron chi connectivity index (χ1n) is 13.4. The first-order chi connectivity index (χ1) is 19.0. The highest BCUT2D eigenvalue weighted by Gasteiger charge is 2.24. The number of nitro groups is 1. The highest BCUT2D eigenvalue weighted by Crippen LogP contribution is 2.30. The van der Waals surface area contributed by atoms with Crippen molar-refractivity contribution in [2.45, 2.75) is 44.4 Å². The van der Waals surface area contributed by atoms with Crippen molar-refractivity contribution in [2.75, 3.05) is 19.6 Å². The smallest absolute Gasteiger partial charge is 0.328 e. The number of nitrogens with zero attached hydrogens (tertiary/aromatic N) is 3. The normalized spacial score (nSPS) is 14.7. The van der Waals surface area contributed by atoms with E-state index in [-0.39, 0.29) is 23.3 Å². The van der Waals surface area contributed by atoms with Gasteiger partial charge in [0, 0.05) is 31.8 Å². The zero-order valence-corrected chi connectivity index (χ0v) is 21.7. The van der Waals surface area contributed by atoms with Crippen LogP contribution in [0.5, 0.6) is 0 Å². The largest absolute Gasteiger partial charge is 0.365 e. The maximum Gasteiger partial charge on any atom is 0.328 e. The van der Waals surface area contributed by atoms with Crippen LogP contribution in [-0.4, -0.2) is 45.1 Å². The lowest BCUT2D eigenvalue weighted by Gasteiger charge is -2.34. The fourth-order valence-corrected chi connectivity index (χ4v) is 5.28. The molecule has 3 aromatic carbocycles. The van der Waals surface area contributed by atoms with Gasteiger partial charge in [-0.3, -0.25) is 24.5 Å². The Balaban J connectivity index is 1.15. The van der Waals surface area contributed by atoms with Gasteiger partial charge in [0.2, 0.25) is 0 Å². The Morgan fingerprint density at radius 3 is 2.13 bits per heavy atom. The van der Waals surface area contributed by atoms with Crippen molar-refractivity contribution in [1.82, 2.24) is 14.5 Å². The SMILES string of the molecule is O=c1[nH]c(=O)n(CCCCN2CCC(OC(c3ccccc3)c3ccccc3)CC2)c2cc([N+](=O)[O-])ccc12. The lowest BCUT2D eigenvalue weighted by molar-refractivity contribution is -0.384. The van der Waals surface area contributed by atoms with Crippen molar-refractivity contribution in [3.63, 3.8) is 0 Å². The Kier molecular flexibility index (Phi) is 8.29. The number of H-pyrrole nitrogens is 1. The molecule has 9 nitrogen and oxygen atoms in total. The summed E-state index contributed by atoms with van der Waals surface area (Å²) in [5.74, 6) is 0. The van der Waals surface area contributed by atoms with Crippen molar-refractivity contribution in [3.05, 3.63) is 121 Å². The van der Waals surface area contributed by atoms with Crippen LogP contribution in [0.15, 0.2) is 88.5 Å². The van der Waals surface area contributed by atoms with Crippen LogP contribution in [0.1, 0.15) is 42.9 Å². The maximum atomic E-state index is 12.5. The molecule has 9 heteroatoms. The van der Waals surface area contributed by atoms with Crippen LogP contribution in [0.2, 0.25) is 0 Å². The first kappa shape index (κ1) is 26.5. The van der Waals surface area contributed by atoms with E-state index in [1.807, 2.05) is 36.4 Å². The van der Waals surface area contributed by atoms with E-state index >= 15 is 0 Å². The van der Waals surface area contributed by atoms with Gasteiger partial charge in [0.15, 0.2) is 0 Å². The van der Waals surface area contributed by atoms with E-state index in [0.29, 0.717) is 18.5 Å². The Morgan fingerprint density at radius 2 is 1.51 bits per heavy atom. The molecule has 1 saturated heterocycles. The van der Waals surface area contributed by atoms with Crippen molar-refractivity contribution < 1.29 is 9.66 Å². The maximum absolute atomic E-state index is 12.5. The highest BCUT2D eigenvalue weighted by atomic mass is 16.6. The second-order valence-corrected chi connectivity index (χ2v) is 9.96. The third-order valence-electron chi connectivity index (χ3n) is 7.37. The van der Waals surface area contributed by atoms with Crippen LogP contribution in [-0.2, 0) is 11.3 Å². The van der Waals surface area contributed by atoms with Crippen LogP contribution in [0, 0.1) is 10.1 Å². The molecule has 1 fully saturated rings. The summed E-state index contributed by atoms with van der Waals surface area (Å²) >= 11 is 0. The lowest BCUT2D eigenvalue weighted by atomic mass is 10.00. The number of fused-ring (bicyclic) bond motifs is 1. The summed E-state index contributed by atoms with van der Waals surface area (Å²) in [7, 11) is 0. The molecule has 1 N–H and O–H groups in total. The van der Waals surface area contributed by atoms with E-state index in [2.05, 4.69) is 34.1 Å². The number of unbranched alkanes of at least 4 members (excludes halogenated alkanes) is 1. The molecule has 1 aliphatic rings. The molecule has 2 heterocycles. The monoisotopic (exact) mass is 528 g/mol. The van der Waals surface area contributed by atoms with Gasteiger partial charge >= 0.3 is 5.69 Å². The molecular weight excluding hydrogens is 496 g/mol. The van der Waals surface area contributed by atoms with Gasteiger partial charge in [-0.05, 0) is 49.4 Å². The van der Waals surface area contributed by atoms with Gasteiger partial charge in [0.25, 0.3) is 11.2 Å². The van der Waals surface area contributed by atoms with Crippen molar-refractivity contribution in [2.24, 2.45) is 0 Å². The van der Waals surface area contributed by atoms with Gasteiger partial charge in [-0.2, -0.15) is 0 Å².